The number of carbonyl (C=O) groups excluding carboxylic acids is 1. The largest absolute Gasteiger partial charge is 0.347 e. The summed E-state index contributed by atoms with van der Waals surface area (Å²) in [5, 5.41) is 8.64. The van der Waals surface area contributed by atoms with Gasteiger partial charge < -0.3 is 9.80 Å². The highest BCUT2D eigenvalue weighted by atomic mass is 32.2. The fraction of sp³-hybridized carbons (Fsp3) is 0.500. The normalized spacial score (nSPS) is 17.6. The maximum Gasteiger partial charge on any atom is 0.253 e. The fourth-order valence-corrected chi connectivity index (χ4v) is 5.95. The number of nitrogens with zero attached hydrogens (tertiary/aromatic N) is 4. The molecule has 7 nitrogen and oxygen atoms in total. The zero-order valence-electron chi connectivity index (χ0n) is 15.0. The van der Waals surface area contributed by atoms with Gasteiger partial charge in [-0.25, -0.2) is 8.42 Å². The third-order valence-corrected chi connectivity index (χ3v) is 8.11. The number of amides is 1. The van der Waals surface area contributed by atoms with Crippen LogP contribution in [0.2, 0.25) is 0 Å². The van der Waals surface area contributed by atoms with Gasteiger partial charge in [-0.2, -0.15) is 0 Å². The second-order valence-electron chi connectivity index (χ2n) is 7.00. The number of hydrogen-bond donors (Lipinski definition) is 0. The molecule has 2 saturated heterocycles. The van der Waals surface area contributed by atoms with Crippen molar-refractivity contribution in [3.8, 4) is 0 Å². The van der Waals surface area contributed by atoms with E-state index in [9.17, 15) is 13.2 Å². The molecule has 1 aromatic carbocycles. The molecule has 1 amide bonds. The number of hydrogen-bond acceptors (Lipinski definition) is 7. The van der Waals surface area contributed by atoms with E-state index in [1.807, 2.05) is 4.90 Å². The third kappa shape index (κ3) is 3.98. The van der Waals surface area contributed by atoms with Crippen LogP contribution in [0.1, 0.15) is 41.6 Å². The first kappa shape index (κ1) is 18.4. The molecule has 2 aliphatic rings. The topological polar surface area (TPSA) is 83.5 Å². The summed E-state index contributed by atoms with van der Waals surface area (Å²) in [6.07, 6.45) is 4.29. The minimum Gasteiger partial charge on any atom is -0.347 e. The highest BCUT2D eigenvalue weighted by Gasteiger charge is 2.25. The molecule has 27 heavy (non-hydrogen) atoms. The SMILES string of the molecule is O=C(c1ccc(CS(=O)(=O)c2nnc(N3CCCC3)s2)cc1)N1CCCC1. The maximum absolute atomic E-state index is 12.7. The summed E-state index contributed by atoms with van der Waals surface area (Å²) < 4.78 is 25.4. The van der Waals surface area contributed by atoms with Crippen molar-refractivity contribution in [3.05, 3.63) is 35.4 Å². The average molecular weight is 407 g/mol. The van der Waals surface area contributed by atoms with E-state index >= 15 is 0 Å². The molecule has 144 valence electrons. The lowest BCUT2D eigenvalue weighted by molar-refractivity contribution is 0.0793. The first-order valence-corrected chi connectivity index (χ1v) is 11.7. The first-order valence-electron chi connectivity index (χ1n) is 9.22. The highest BCUT2D eigenvalue weighted by molar-refractivity contribution is 7.92. The van der Waals surface area contributed by atoms with Crippen molar-refractivity contribution in [1.82, 2.24) is 15.1 Å². The van der Waals surface area contributed by atoms with Crippen molar-refractivity contribution in [3.63, 3.8) is 0 Å². The van der Waals surface area contributed by atoms with E-state index in [1.165, 1.54) is 0 Å². The molecule has 0 unspecified atom stereocenters. The Bertz CT molecular complexity index is 912. The van der Waals surface area contributed by atoms with Gasteiger partial charge in [0.25, 0.3) is 5.91 Å². The molecule has 2 aromatic rings. The minimum atomic E-state index is -3.55. The van der Waals surface area contributed by atoms with Crippen LogP contribution in [0.25, 0.3) is 0 Å². The van der Waals surface area contributed by atoms with E-state index in [1.54, 1.807) is 24.3 Å². The van der Waals surface area contributed by atoms with Crippen LogP contribution in [0.4, 0.5) is 5.13 Å². The van der Waals surface area contributed by atoms with Gasteiger partial charge in [0.05, 0.1) is 5.75 Å². The quantitative estimate of drug-likeness (QED) is 0.758. The van der Waals surface area contributed by atoms with Crippen molar-refractivity contribution in [2.75, 3.05) is 31.1 Å². The van der Waals surface area contributed by atoms with Crippen molar-refractivity contribution < 1.29 is 13.2 Å². The van der Waals surface area contributed by atoms with Gasteiger partial charge in [-0.1, -0.05) is 23.5 Å². The standard InChI is InChI=1S/C18H22N4O3S2/c23-16(21-9-1-2-10-21)15-7-5-14(6-8-15)13-27(24,25)18-20-19-17(26-18)22-11-3-4-12-22/h5-8H,1-4,9-13H2. The van der Waals surface area contributed by atoms with Gasteiger partial charge in [-0.3, -0.25) is 4.79 Å². The summed E-state index contributed by atoms with van der Waals surface area (Å²) in [5.74, 6) is -0.124. The Balaban J connectivity index is 1.45. The van der Waals surface area contributed by atoms with Gasteiger partial charge >= 0.3 is 0 Å². The Morgan fingerprint density at radius 2 is 1.59 bits per heavy atom. The number of rotatable bonds is 5. The van der Waals surface area contributed by atoms with Gasteiger partial charge in [-0.05, 0) is 43.4 Å². The fourth-order valence-electron chi connectivity index (χ4n) is 3.49. The molecule has 0 saturated carbocycles. The molecule has 9 heteroatoms. The Morgan fingerprint density at radius 3 is 2.26 bits per heavy atom. The van der Waals surface area contributed by atoms with Crippen LogP contribution < -0.4 is 4.90 Å². The van der Waals surface area contributed by atoms with Crippen LogP contribution in [-0.4, -0.2) is 55.6 Å². The van der Waals surface area contributed by atoms with Crippen LogP contribution in [0.15, 0.2) is 28.6 Å². The van der Waals surface area contributed by atoms with Gasteiger partial charge in [0.15, 0.2) is 0 Å². The second-order valence-corrected chi connectivity index (χ2v) is 10.1. The molecule has 1 aromatic heterocycles. The Hall–Kier alpha value is -2.00. The van der Waals surface area contributed by atoms with Crippen molar-refractivity contribution >= 4 is 32.2 Å². The summed E-state index contributed by atoms with van der Waals surface area (Å²) >= 11 is 1.14. The van der Waals surface area contributed by atoms with Crippen LogP contribution >= 0.6 is 11.3 Å². The summed E-state index contributed by atoms with van der Waals surface area (Å²) in [7, 11) is -3.55. The summed E-state index contributed by atoms with van der Waals surface area (Å²) in [4.78, 5) is 16.3. The molecular formula is C18H22N4O3S2. The third-order valence-electron chi connectivity index (χ3n) is 4.99. The molecular weight excluding hydrogens is 384 g/mol. The molecule has 2 aliphatic heterocycles. The smallest absolute Gasteiger partial charge is 0.253 e. The number of benzene rings is 1. The molecule has 3 heterocycles. The number of sulfone groups is 1. The van der Waals surface area contributed by atoms with Gasteiger partial charge in [-0.15, -0.1) is 10.2 Å². The van der Waals surface area contributed by atoms with E-state index < -0.39 is 9.84 Å². The first-order chi connectivity index (χ1) is 13.0. The summed E-state index contributed by atoms with van der Waals surface area (Å²) in [5.41, 5.74) is 1.25. The van der Waals surface area contributed by atoms with Crippen LogP contribution in [-0.2, 0) is 15.6 Å². The number of likely N-dealkylation sites (tertiary alicyclic amines) is 1. The molecule has 0 aliphatic carbocycles. The van der Waals surface area contributed by atoms with Gasteiger partial charge in [0.2, 0.25) is 19.3 Å². The summed E-state index contributed by atoms with van der Waals surface area (Å²) in [6, 6.07) is 6.84. The molecule has 2 fully saturated rings. The lowest BCUT2D eigenvalue weighted by Gasteiger charge is -2.15. The van der Waals surface area contributed by atoms with Crippen molar-refractivity contribution in [2.45, 2.75) is 35.8 Å². The van der Waals surface area contributed by atoms with E-state index in [4.69, 9.17) is 0 Å². The number of anilines is 1. The highest BCUT2D eigenvalue weighted by Crippen LogP contribution is 2.28. The van der Waals surface area contributed by atoms with Crippen LogP contribution in [0.3, 0.4) is 0 Å². The predicted molar refractivity (Wildman–Crippen MR) is 104 cm³/mol. The molecule has 0 atom stereocenters. The predicted octanol–water partition coefficient (Wildman–Crippen LogP) is 2.35. The Labute approximate surface area is 162 Å². The Kier molecular flexibility index (Phi) is 5.14. The van der Waals surface area contributed by atoms with E-state index in [0.29, 0.717) is 16.3 Å². The lowest BCUT2D eigenvalue weighted by atomic mass is 10.1. The summed E-state index contributed by atoms with van der Waals surface area (Å²) in [6.45, 7) is 3.40. The van der Waals surface area contributed by atoms with Crippen molar-refractivity contribution in [1.29, 1.82) is 0 Å². The Morgan fingerprint density at radius 1 is 0.963 bits per heavy atom. The lowest BCUT2D eigenvalue weighted by Crippen LogP contribution is -2.27. The zero-order chi connectivity index (χ0) is 18.9. The van der Waals surface area contributed by atoms with E-state index in [-0.39, 0.29) is 16.0 Å². The molecule has 0 spiro atoms. The van der Waals surface area contributed by atoms with Gasteiger partial charge in [0, 0.05) is 31.7 Å². The van der Waals surface area contributed by atoms with E-state index in [2.05, 4.69) is 15.1 Å². The zero-order valence-corrected chi connectivity index (χ0v) is 16.6. The van der Waals surface area contributed by atoms with Crippen LogP contribution in [0.5, 0.6) is 0 Å². The van der Waals surface area contributed by atoms with E-state index in [0.717, 1.165) is 63.2 Å². The number of carbonyl (C=O) groups is 1. The molecule has 0 bridgehead atoms. The maximum atomic E-state index is 12.7. The molecule has 0 N–H and O–H groups in total. The van der Waals surface area contributed by atoms with Crippen molar-refractivity contribution in [2.24, 2.45) is 0 Å². The minimum absolute atomic E-state index is 0.0151. The number of aromatic nitrogens is 2. The average Bonchev–Trinajstić information content (AvgIpc) is 3.43. The van der Waals surface area contributed by atoms with Crippen LogP contribution in [0, 0.1) is 0 Å². The van der Waals surface area contributed by atoms with Gasteiger partial charge in [0.1, 0.15) is 0 Å². The second kappa shape index (κ2) is 7.55. The molecule has 0 radical (unpaired) electrons. The molecule has 4 rings (SSSR count). The monoisotopic (exact) mass is 406 g/mol.